The van der Waals surface area contributed by atoms with Crippen LogP contribution in [0.1, 0.15) is 25.0 Å². The van der Waals surface area contributed by atoms with Crippen molar-refractivity contribution in [3.63, 3.8) is 0 Å². The fourth-order valence-electron chi connectivity index (χ4n) is 2.68. The lowest BCUT2D eigenvalue weighted by atomic mass is 10.0. The summed E-state index contributed by atoms with van der Waals surface area (Å²) in [7, 11) is 0. The lowest BCUT2D eigenvalue weighted by Crippen LogP contribution is -2.30. The minimum Gasteiger partial charge on any atom is -0.490 e. The molecule has 2 rings (SSSR count). The zero-order chi connectivity index (χ0) is 19.1. The number of hydrogen-bond donors (Lipinski definition) is 1. The molecule has 0 radical (unpaired) electrons. The number of ether oxygens (including phenoxy) is 2. The van der Waals surface area contributed by atoms with Gasteiger partial charge in [-0.25, -0.2) is 4.79 Å². The Kier molecular flexibility index (Phi) is 6.60. The molecule has 0 aromatic heterocycles. The van der Waals surface area contributed by atoms with Gasteiger partial charge >= 0.3 is 6.03 Å². The lowest BCUT2D eigenvalue weighted by molar-refractivity contribution is -0.122. The predicted molar refractivity (Wildman–Crippen MR) is 101 cm³/mol. The van der Waals surface area contributed by atoms with E-state index < -0.39 is 6.03 Å². The predicted octanol–water partition coefficient (Wildman–Crippen LogP) is 3.29. The van der Waals surface area contributed by atoms with Gasteiger partial charge in [-0.05, 0) is 44.0 Å². The highest BCUT2D eigenvalue weighted by Crippen LogP contribution is 2.34. The molecule has 26 heavy (non-hydrogen) atoms. The number of hydrogen-bond acceptors (Lipinski definition) is 4. The summed E-state index contributed by atoms with van der Waals surface area (Å²) in [6.07, 6.45) is 5.51. The number of nitrogens with one attached hydrogen (secondary N) is 1. The zero-order valence-electron chi connectivity index (χ0n) is 15.2. The quantitative estimate of drug-likeness (QED) is 0.419. The topological polar surface area (TPSA) is 67.9 Å². The molecule has 6 nitrogen and oxygen atoms in total. The second-order valence-electron chi connectivity index (χ2n) is 5.56. The summed E-state index contributed by atoms with van der Waals surface area (Å²) in [4.78, 5) is 25.4. The van der Waals surface area contributed by atoms with Crippen LogP contribution >= 0.6 is 0 Å². The van der Waals surface area contributed by atoms with Crippen LogP contribution in [0.25, 0.3) is 6.08 Å². The number of urea groups is 1. The third kappa shape index (κ3) is 4.14. The summed E-state index contributed by atoms with van der Waals surface area (Å²) in [5.74, 6) is 0.888. The minimum atomic E-state index is -0.455. The van der Waals surface area contributed by atoms with E-state index in [9.17, 15) is 9.59 Å². The van der Waals surface area contributed by atoms with Gasteiger partial charge in [0.2, 0.25) is 0 Å². The Morgan fingerprint density at radius 1 is 1.12 bits per heavy atom. The molecule has 1 N–H and O–H groups in total. The third-order valence-corrected chi connectivity index (χ3v) is 3.69. The van der Waals surface area contributed by atoms with Crippen molar-refractivity contribution in [2.24, 2.45) is 0 Å². The average molecular weight is 356 g/mol. The summed E-state index contributed by atoms with van der Waals surface area (Å²) in [6.45, 7) is 12.3. The maximum atomic E-state index is 12.4. The van der Waals surface area contributed by atoms with Crippen LogP contribution in [-0.4, -0.2) is 36.6 Å². The molecular formula is C20H24N2O4. The number of nitrogens with zero attached hydrogens (tertiary/aromatic N) is 1. The Bertz CT molecular complexity index is 752. The first-order valence-electron chi connectivity index (χ1n) is 8.54. The SMILES string of the molecule is C=CCc1cc(/C=C2/NC(=O)N(CC=C)C2=O)cc(OCC)c1OCC. The van der Waals surface area contributed by atoms with Crippen LogP contribution in [0.2, 0.25) is 0 Å². The molecular weight excluding hydrogens is 332 g/mol. The first-order valence-corrected chi connectivity index (χ1v) is 8.54. The van der Waals surface area contributed by atoms with E-state index in [1.165, 1.54) is 6.08 Å². The maximum Gasteiger partial charge on any atom is 0.329 e. The number of benzene rings is 1. The molecule has 1 aromatic carbocycles. The largest absolute Gasteiger partial charge is 0.490 e. The smallest absolute Gasteiger partial charge is 0.329 e. The average Bonchev–Trinajstić information content (AvgIpc) is 2.86. The Labute approximate surface area is 153 Å². The van der Waals surface area contributed by atoms with E-state index in [2.05, 4.69) is 18.5 Å². The molecule has 0 aliphatic carbocycles. The Morgan fingerprint density at radius 3 is 2.46 bits per heavy atom. The molecule has 6 heteroatoms. The van der Waals surface area contributed by atoms with Crippen molar-refractivity contribution in [2.45, 2.75) is 20.3 Å². The van der Waals surface area contributed by atoms with Crippen molar-refractivity contribution in [3.8, 4) is 11.5 Å². The van der Waals surface area contributed by atoms with E-state index in [1.807, 2.05) is 19.9 Å². The maximum absolute atomic E-state index is 12.4. The first kappa shape index (κ1) is 19.3. The third-order valence-electron chi connectivity index (χ3n) is 3.69. The summed E-state index contributed by atoms with van der Waals surface area (Å²) < 4.78 is 11.4. The first-order chi connectivity index (χ1) is 12.5. The molecule has 1 aliphatic heterocycles. The van der Waals surface area contributed by atoms with Crippen molar-refractivity contribution in [2.75, 3.05) is 19.8 Å². The van der Waals surface area contributed by atoms with Crippen LogP contribution in [0.4, 0.5) is 4.79 Å². The van der Waals surface area contributed by atoms with Gasteiger partial charge in [0.05, 0.1) is 13.2 Å². The van der Waals surface area contributed by atoms with Crippen molar-refractivity contribution < 1.29 is 19.1 Å². The normalized spacial score (nSPS) is 15.2. The Balaban J connectivity index is 2.46. The summed E-state index contributed by atoms with van der Waals surface area (Å²) >= 11 is 0. The molecule has 1 aliphatic rings. The van der Waals surface area contributed by atoms with Gasteiger partial charge in [-0.1, -0.05) is 12.2 Å². The van der Waals surface area contributed by atoms with Crippen molar-refractivity contribution in [1.29, 1.82) is 0 Å². The van der Waals surface area contributed by atoms with Gasteiger partial charge in [-0.3, -0.25) is 9.69 Å². The highest BCUT2D eigenvalue weighted by Gasteiger charge is 2.32. The molecule has 0 unspecified atom stereocenters. The number of carbonyl (C=O) groups excluding carboxylic acids is 2. The van der Waals surface area contributed by atoms with Crippen molar-refractivity contribution in [1.82, 2.24) is 10.2 Å². The Morgan fingerprint density at radius 2 is 1.85 bits per heavy atom. The molecule has 1 heterocycles. The molecule has 0 saturated carbocycles. The van der Waals surface area contributed by atoms with Crippen LogP contribution in [0.15, 0.2) is 43.1 Å². The van der Waals surface area contributed by atoms with E-state index >= 15 is 0 Å². The number of imide groups is 1. The standard InChI is InChI=1S/C20H24N2O4/c1-5-9-15-11-14(13-17(25-7-3)18(15)26-8-4)12-16-19(23)22(10-6-2)20(24)21-16/h5-6,11-13H,1-2,7-10H2,3-4H3,(H,21,24)/b16-12+. The highest BCUT2D eigenvalue weighted by atomic mass is 16.5. The molecule has 0 atom stereocenters. The van der Waals surface area contributed by atoms with Gasteiger partial charge in [0.25, 0.3) is 5.91 Å². The molecule has 0 bridgehead atoms. The fourth-order valence-corrected chi connectivity index (χ4v) is 2.68. The molecule has 138 valence electrons. The zero-order valence-corrected chi connectivity index (χ0v) is 15.2. The van der Waals surface area contributed by atoms with Crippen molar-refractivity contribution in [3.05, 3.63) is 54.3 Å². The van der Waals surface area contributed by atoms with Crippen LogP contribution in [0.3, 0.4) is 0 Å². The summed E-state index contributed by atoms with van der Waals surface area (Å²) in [5, 5.41) is 2.59. The van der Waals surface area contributed by atoms with E-state index in [1.54, 1.807) is 18.2 Å². The molecule has 1 aromatic rings. The van der Waals surface area contributed by atoms with E-state index in [0.717, 1.165) is 16.0 Å². The molecule has 1 saturated heterocycles. The van der Waals surface area contributed by atoms with E-state index in [4.69, 9.17) is 9.47 Å². The van der Waals surface area contributed by atoms with Crippen LogP contribution < -0.4 is 14.8 Å². The van der Waals surface area contributed by atoms with Crippen LogP contribution in [0, 0.1) is 0 Å². The van der Waals surface area contributed by atoms with Gasteiger partial charge in [-0.2, -0.15) is 0 Å². The molecule has 0 spiro atoms. The number of allylic oxidation sites excluding steroid dienone is 1. The number of carbonyl (C=O) groups is 2. The van der Waals surface area contributed by atoms with Crippen molar-refractivity contribution >= 4 is 18.0 Å². The fraction of sp³-hybridized carbons (Fsp3) is 0.300. The lowest BCUT2D eigenvalue weighted by Gasteiger charge is -2.16. The summed E-state index contributed by atoms with van der Waals surface area (Å²) in [5.41, 5.74) is 1.85. The van der Waals surface area contributed by atoms with Gasteiger partial charge in [0, 0.05) is 12.1 Å². The molecule has 1 fully saturated rings. The highest BCUT2D eigenvalue weighted by molar-refractivity contribution is 6.14. The van der Waals surface area contributed by atoms with Gasteiger partial charge in [0.15, 0.2) is 11.5 Å². The minimum absolute atomic E-state index is 0.164. The van der Waals surface area contributed by atoms with E-state index in [-0.39, 0.29) is 18.1 Å². The van der Waals surface area contributed by atoms with E-state index in [0.29, 0.717) is 31.1 Å². The van der Waals surface area contributed by atoms with Gasteiger partial charge < -0.3 is 14.8 Å². The monoisotopic (exact) mass is 356 g/mol. The van der Waals surface area contributed by atoms with Crippen LogP contribution in [-0.2, 0) is 11.2 Å². The number of rotatable bonds is 9. The molecule has 3 amide bonds. The second kappa shape index (κ2) is 8.89. The Hall–Kier alpha value is -3.02. The number of amides is 3. The van der Waals surface area contributed by atoms with Gasteiger partial charge in [0.1, 0.15) is 5.70 Å². The van der Waals surface area contributed by atoms with Gasteiger partial charge in [-0.15, -0.1) is 13.2 Å². The second-order valence-corrected chi connectivity index (χ2v) is 5.56. The van der Waals surface area contributed by atoms with Crippen LogP contribution in [0.5, 0.6) is 11.5 Å². The summed E-state index contributed by atoms with van der Waals surface area (Å²) in [6, 6.07) is 3.24.